The number of para-hydroxylation sites is 1. The second-order valence-corrected chi connectivity index (χ2v) is 5.18. The van der Waals surface area contributed by atoms with Gasteiger partial charge in [0, 0.05) is 25.5 Å². The maximum Gasteiger partial charge on any atom is 0.257 e. The van der Waals surface area contributed by atoms with Crippen molar-refractivity contribution in [3.63, 3.8) is 0 Å². The second kappa shape index (κ2) is 5.78. The van der Waals surface area contributed by atoms with Crippen molar-refractivity contribution < 1.29 is 4.79 Å². The fraction of sp³-hybridized carbons (Fsp3) is 0.235. The zero-order valence-electron chi connectivity index (χ0n) is 12.4. The molecule has 20 heavy (non-hydrogen) atoms. The van der Waals surface area contributed by atoms with Gasteiger partial charge in [-0.2, -0.15) is 0 Å². The minimum Gasteiger partial charge on any atom is -0.377 e. The summed E-state index contributed by atoms with van der Waals surface area (Å²) < 4.78 is 0. The van der Waals surface area contributed by atoms with Crippen molar-refractivity contribution in [3.05, 3.63) is 59.2 Å². The van der Waals surface area contributed by atoms with Gasteiger partial charge < -0.3 is 10.2 Å². The summed E-state index contributed by atoms with van der Waals surface area (Å²) in [5, 5.41) is 3.00. The molecule has 104 valence electrons. The second-order valence-electron chi connectivity index (χ2n) is 5.18. The molecule has 0 bridgehead atoms. The molecule has 0 saturated heterocycles. The number of nitrogens with zero attached hydrogens (tertiary/aromatic N) is 1. The first-order chi connectivity index (χ1) is 9.49. The Balaban J connectivity index is 2.31. The van der Waals surface area contributed by atoms with Crippen LogP contribution in [0.3, 0.4) is 0 Å². The summed E-state index contributed by atoms with van der Waals surface area (Å²) in [6.45, 7) is 4.01. The van der Waals surface area contributed by atoms with Crippen molar-refractivity contribution in [1.82, 2.24) is 0 Å². The zero-order chi connectivity index (χ0) is 14.7. The molecule has 0 aliphatic carbocycles. The molecule has 0 unspecified atom stereocenters. The van der Waals surface area contributed by atoms with Gasteiger partial charge in [0.15, 0.2) is 0 Å². The van der Waals surface area contributed by atoms with Gasteiger partial charge in [0.25, 0.3) is 5.91 Å². The molecule has 0 atom stereocenters. The van der Waals surface area contributed by atoms with Crippen molar-refractivity contribution in [2.24, 2.45) is 0 Å². The van der Waals surface area contributed by atoms with Crippen molar-refractivity contribution in [2.75, 3.05) is 24.3 Å². The van der Waals surface area contributed by atoms with E-state index in [4.69, 9.17) is 0 Å². The molecule has 0 fully saturated rings. The predicted octanol–water partition coefficient (Wildman–Crippen LogP) is 3.62. The van der Waals surface area contributed by atoms with E-state index in [1.54, 1.807) is 0 Å². The number of hydrogen-bond donors (Lipinski definition) is 1. The molecule has 0 spiro atoms. The van der Waals surface area contributed by atoms with Gasteiger partial charge in [-0.1, -0.05) is 24.3 Å². The molecular weight excluding hydrogens is 248 g/mol. The smallest absolute Gasteiger partial charge is 0.257 e. The van der Waals surface area contributed by atoms with Gasteiger partial charge in [-0.05, 0) is 43.2 Å². The fourth-order valence-corrected chi connectivity index (χ4v) is 2.12. The summed E-state index contributed by atoms with van der Waals surface area (Å²) in [6.07, 6.45) is 0. The fourth-order valence-electron chi connectivity index (χ4n) is 2.12. The number of carbonyl (C=O) groups is 1. The summed E-state index contributed by atoms with van der Waals surface area (Å²) in [6, 6.07) is 13.6. The first-order valence-corrected chi connectivity index (χ1v) is 6.64. The van der Waals surface area contributed by atoms with Crippen molar-refractivity contribution in [2.45, 2.75) is 13.8 Å². The molecule has 0 saturated carbocycles. The lowest BCUT2D eigenvalue weighted by molar-refractivity contribution is 0.102. The van der Waals surface area contributed by atoms with E-state index in [2.05, 4.69) is 5.32 Å². The number of benzene rings is 2. The predicted molar refractivity (Wildman–Crippen MR) is 84.6 cm³/mol. The third kappa shape index (κ3) is 2.99. The number of carbonyl (C=O) groups excluding carboxylic acids is 1. The molecule has 2 aromatic rings. The number of amides is 1. The van der Waals surface area contributed by atoms with Crippen LogP contribution < -0.4 is 10.2 Å². The Morgan fingerprint density at radius 2 is 1.75 bits per heavy atom. The summed E-state index contributed by atoms with van der Waals surface area (Å²) in [5.74, 6) is -0.0806. The lowest BCUT2D eigenvalue weighted by Crippen LogP contribution is -2.18. The SMILES string of the molecule is Cc1ccc(C)c(NC(=O)c2ccccc2N(C)C)c1. The number of hydrogen-bond acceptors (Lipinski definition) is 2. The quantitative estimate of drug-likeness (QED) is 0.922. The lowest BCUT2D eigenvalue weighted by atomic mass is 10.1. The van der Waals surface area contributed by atoms with Crippen LogP contribution in [0.4, 0.5) is 11.4 Å². The Labute approximate surface area is 120 Å². The number of nitrogens with one attached hydrogen (secondary N) is 1. The largest absolute Gasteiger partial charge is 0.377 e. The molecule has 0 radical (unpaired) electrons. The normalized spacial score (nSPS) is 10.2. The van der Waals surface area contributed by atoms with E-state index < -0.39 is 0 Å². The van der Waals surface area contributed by atoms with Gasteiger partial charge in [-0.25, -0.2) is 0 Å². The summed E-state index contributed by atoms with van der Waals surface area (Å²) in [7, 11) is 3.87. The summed E-state index contributed by atoms with van der Waals surface area (Å²) >= 11 is 0. The van der Waals surface area contributed by atoms with Crippen LogP contribution in [0.15, 0.2) is 42.5 Å². The van der Waals surface area contributed by atoms with Crippen LogP contribution in [-0.4, -0.2) is 20.0 Å². The molecule has 3 heteroatoms. The van der Waals surface area contributed by atoms with Crippen LogP contribution in [0.5, 0.6) is 0 Å². The van der Waals surface area contributed by atoms with E-state index in [1.807, 2.05) is 75.3 Å². The van der Waals surface area contributed by atoms with E-state index in [9.17, 15) is 4.79 Å². The van der Waals surface area contributed by atoms with E-state index in [0.717, 1.165) is 22.5 Å². The molecule has 2 aromatic carbocycles. The average Bonchev–Trinajstić information content (AvgIpc) is 2.42. The van der Waals surface area contributed by atoms with Gasteiger partial charge >= 0.3 is 0 Å². The molecule has 2 rings (SSSR count). The van der Waals surface area contributed by atoms with Gasteiger partial charge in [-0.3, -0.25) is 4.79 Å². The third-order valence-corrected chi connectivity index (χ3v) is 3.27. The van der Waals surface area contributed by atoms with Crippen molar-refractivity contribution in [1.29, 1.82) is 0 Å². The molecule has 1 amide bonds. The maximum absolute atomic E-state index is 12.5. The molecule has 0 aromatic heterocycles. The van der Waals surface area contributed by atoms with Crippen molar-refractivity contribution in [3.8, 4) is 0 Å². The molecule has 0 aliphatic rings. The number of aryl methyl sites for hydroxylation is 2. The summed E-state index contributed by atoms with van der Waals surface area (Å²) in [4.78, 5) is 14.4. The highest BCUT2D eigenvalue weighted by molar-refractivity contribution is 6.08. The maximum atomic E-state index is 12.5. The zero-order valence-corrected chi connectivity index (χ0v) is 12.4. The van der Waals surface area contributed by atoms with Crippen LogP contribution in [0.1, 0.15) is 21.5 Å². The standard InChI is InChI=1S/C17H20N2O/c1-12-9-10-13(2)15(11-12)18-17(20)14-7-5-6-8-16(14)19(3)4/h5-11H,1-4H3,(H,18,20). The third-order valence-electron chi connectivity index (χ3n) is 3.27. The Hall–Kier alpha value is -2.29. The van der Waals surface area contributed by atoms with E-state index >= 15 is 0 Å². The lowest BCUT2D eigenvalue weighted by Gasteiger charge is -2.17. The summed E-state index contributed by atoms with van der Waals surface area (Å²) in [5.41, 5.74) is 4.65. The number of anilines is 2. The minimum absolute atomic E-state index is 0.0806. The van der Waals surface area contributed by atoms with E-state index in [1.165, 1.54) is 0 Å². The van der Waals surface area contributed by atoms with E-state index in [-0.39, 0.29) is 5.91 Å². The van der Waals surface area contributed by atoms with Gasteiger partial charge in [-0.15, -0.1) is 0 Å². The minimum atomic E-state index is -0.0806. The van der Waals surface area contributed by atoms with Gasteiger partial charge in [0.2, 0.25) is 0 Å². The molecule has 0 heterocycles. The monoisotopic (exact) mass is 268 g/mol. The van der Waals surface area contributed by atoms with Gasteiger partial charge in [0.05, 0.1) is 5.56 Å². The Bertz CT molecular complexity index is 633. The first kappa shape index (κ1) is 14.1. The van der Waals surface area contributed by atoms with Gasteiger partial charge in [0.1, 0.15) is 0 Å². The molecule has 3 nitrogen and oxygen atoms in total. The average molecular weight is 268 g/mol. The van der Waals surface area contributed by atoms with Crippen LogP contribution >= 0.6 is 0 Å². The van der Waals surface area contributed by atoms with Crippen molar-refractivity contribution >= 4 is 17.3 Å². The van der Waals surface area contributed by atoms with Crippen LogP contribution in [0.2, 0.25) is 0 Å². The topological polar surface area (TPSA) is 32.3 Å². The highest BCUT2D eigenvalue weighted by atomic mass is 16.1. The molecule has 0 aliphatic heterocycles. The molecule has 1 N–H and O–H groups in total. The van der Waals surface area contributed by atoms with Crippen LogP contribution in [-0.2, 0) is 0 Å². The Morgan fingerprint density at radius 1 is 1.05 bits per heavy atom. The Morgan fingerprint density at radius 3 is 2.45 bits per heavy atom. The highest BCUT2D eigenvalue weighted by Gasteiger charge is 2.13. The van der Waals surface area contributed by atoms with Crippen LogP contribution in [0.25, 0.3) is 0 Å². The molecular formula is C17H20N2O. The first-order valence-electron chi connectivity index (χ1n) is 6.64. The number of rotatable bonds is 3. The van der Waals surface area contributed by atoms with E-state index in [0.29, 0.717) is 5.56 Å². The highest BCUT2D eigenvalue weighted by Crippen LogP contribution is 2.21. The van der Waals surface area contributed by atoms with Crippen LogP contribution in [0, 0.1) is 13.8 Å². The Kier molecular flexibility index (Phi) is 4.08.